The molecule has 128 valence electrons. The lowest BCUT2D eigenvalue weighted by atomic mass is 10.2. The van der Waals surface area contributed by atoms with Crippen LogP contribution in [0.15, 0.2) is 53.1 Å². The van der Waals surface area contributed by atoms with Crippen molar-refractivity contribution in [3.8, 4) is 11.4 Å². The number of nitrogens with one attached hydrogen (secondary N) is 2. The van der Waals surface area contributed by atoms with Crippen molar-refractivity contribution >= 4 is 6.03 Å². The van der Waals surface area contributed by atoms with Crippen LogP contribution in [0, 0.1) is 0 Å². The van der Waals surface area contributed by atoms with E-state index in [-0.39, 0.29) is 12.1 Å². The van der Waals surface area contributed by atoms with Crippen molar-refractivity contribution in [2.45, 2.75) is 25.4 Å². The van der Waals surface area contributed by atoms with Crippen LogP contribution in [0.2, 0.25) is 0 Å². The highest BCUT2D eigenvalue weighted by Gasteiger charge is 2.32. The summed E-state index contributed by atoms with van der Waals surface area (Å²) in [6, 6.07) is 13.2. The first-order valence-corrected chi connectivity index (χ1v) is 8.36. The monoisotopic (exact) mass is 337 g/mol. The van der Waals surface area contributed by atoms with E-state index in [1.807, 2.05) is 36.4 Å². The molecule has 3 aromatic rings. The number of amides is 2. The van der Waals surface area contributed by atoms with Crippen molar-refractivity contribution in [1.82, 2.24) is 25.4 Å². The Morgan fingerprint density at radius 2 is 2.16 bits per heavy atom. The summed E-state index contributed by atoms with van der Waals surface area (Å²) in [6.45, 7) is 1.08. The zero-order valence-electron chi connectivity index (χ0n) is 13.7. The van der Waals surface area contributed by atoms with E-state index in [0.717, 1.165) is 30.0 Å². The summed E-state index contributed by atoms with van der Waals surface area (Å²) >= 11 is 0. The van der Waals surface area contributed by atoms with Crippen molar-refractivity contribution in [1.29, 1.82) is 0 Å². The highest BCUT2D eigenvalue weighted by molar-refractivity contribution is 5.75. The Hall–Kier alpha value is -3.09. The lowest BCUT2D eigenvalue weighted by Crippen LogP contribution is -2.39. The van der Waals surface area contributed by atoms with Crippen LogP contribution in [-0.4, -0.2) is 32.7 Å². The molecule has 0 saturated carbocycles. The SMILES string of the molecule is O=C(NCc1ccco1)N1CCC[C@H]1c1nc(-c2ccccc2)n[nH]1. The first kappa shape index (κ1) is 15.4. The van der Waals surface area contributed by atoms with Crippen molar-refractivity contribution in [3.05, 3.63) is 60.3 Å². The number of hydrogen-bond acceptors (Lipinski definition) is 4. The summed E-state index contributed by atoms with van der Waals surface area (Å²) in [5.41, 5.74) is 0.955. The number of benzene rings is 1. The minimum absolute atomic E-state index is 0.0819. The van der Waals surface area contributed by atoms with E-state index in [2.05, 4.69) is 20.5 Å². The Morgan fingerprint density at radius 1 is 1.28 bits per heavy atom. The van der Waals surface area contributed by atoms with E-state index in [0.29, 0.717) is 18.9 Å². The van der Waals surface area contributed by atoms with Crippen LogP contribution in [0.4, 0.5) is 4.79 Å². The van der Waals surface area contributed by atoms with Crippen LogP contribution in [0.25, 0.3) is 11.4 Å². The first-order chi connectivity index (χ1) is 12.3. The van der Waals surface area contributed by atoms with E-state index in [1.165, 1.54) is 0 Å². The van der Waals surface area contributed by atoms with Crippen LogP contribution < -0.4 is 5.32 Å². The molecule has 0 spiro atoms. The van der Waals surface area contributed by atoms with Gasteiger partial charge in [0, 0.05) is 12.1 Å². The molecule has 0 bridgehead atoms. The molecule has 1 atom stereocenters. The molecule has 1 fully saturated rings. The highest BCUT2D eigenvalue weighted by Crippen LogP contribution is 2.30. The number of aromatic nitrogens is 3. The van der Waals surface area contributed by atoms with Crippen LogP contribution >= 0.6 is 0 Å². The van der Waals surface area contributed by atoms with Gasteiger partial charge in [0.1, 0.15) is 11.6 Å². The second kappa shape index (κ2) is 6.80. The summed E-state index contributed by atoms with van der Waals surface area (Å²) < 4.78 is 5.25. The van der Waals surface area contributed by atoms with E-state index in [1.54, 1.807) is 17.2 Å². The average Bonchev–Trinajstić information content (AvgIpc) is 3.41. The Kier molecular flexibility index (Phi) is 4.20. The average molecular weight is 337 g/mol. The van der Waals surface area contributed by atoms with Gasteiger partial charge in [-0.3, -0.25) is 5.10 Å². The molecule has 7 nitrogen and oxygen atoms in total. The molecule has 4 rings (SSSR count). The Bertz CT molecular complexity index is 828. The number of furan rings is 1. The van der Waals surface area contributed by atoms with E-state index >= 15 is 0 Å². The third-order valence-electron chi connectivity index (χ3n) is 4.36. The van der Waals surface area contributed by atoms with Gasteiger partial charge in [0.05, 0.1) is 18.8 Å². The third-order valence-corrected chi connectivity index (χ3v) is 4.36. The Morgan fingerprint density at radius 3 is 2.96 bits per heavy atom. The van der Waals surface area contributed by atoms with Gasteiger partial charge in [0.2, 0.25) is 0 Å². The van der Waals surface area contributed by atoms with Crippen molar-refractivity contribution in [3.63, 3.8) is 0 Å². The molecule has 0 aliphatic carbocycles. The number of rotatable bonds is 4. The molecule has 1 aliphatic heterocycles. The predicted molar refractivity (Wildman–Crippen MR) is 91.4 cm³/mol. The maximum Gasteiger partial charge on any atom is 0.318 e. The summed E-state index contributed by atoms with van der Waals surface area (Å²) in [6.07, 6.45) is 3.41. The fourth-order valence-corrected chi connectivity index (χ4v) is 3.11. The lowest BCUT2D eigenvalue weighted by molar-refractivity contribution is 0.189. The molecular formula is C18H19N5O2. The number of aromatic amines is 1. The maximum absolute atomic E-state index is 12.5. The molecule has 25 heavy (non-hydrogen) atoms. The highest BCUT2D eigenvalue weighted by atomic mass is 16.3. The summed E-state index contributed by atoms with van der Waals surface area (Å²) in [7, 11) is 0. The number of carbonyl (C=O) groups excluding carboxylic acids is 1. The van der Waals surface area contributed by atoms with Crippen LogP contribution in [0.3, 0.4) is 0 Å². The summed E-state index contributed by atoms with van der Waals surface area (Å²) in [5, 5.41) is 10.2. The summed E-state index contributed by atoms with van der Waals surface area (Å²) in [5.74, 6) is 2.11. The third kappa shape index (κ3) is 3.26. The fourth-order valence-electron chi connectivity index (χ4n) is 3.11. The Balaban J connectivity index is 1.46. The molecule has 1 aliphatic rings. The molecule has 0 unspecified atom stereocenters. The standard InChI is InChI=1S/C18H19N5O2/c24-18(19-12-14-8-5-11-25-14)23-10-4-9-15(23)17-20-16(21-22-17)13-6-2-1-3-7-13/h1-3,5-8,11,15H,4,9-10,12H2,(H,19,24)(H,20,21,22)/t15-/m0/s1. The molecule has 0 radical (unpaired) electrons. The normalized spacial score (nSPS) is 17.0. The molecule has 2 aromatic heterocycles. The van der Waals surface area contributed by atoms with Crippen LogP contribution in [0.1, 0.15) is 30.5 Å². The zero-order chi connectivity index (χ0) is 17.1. The number of urea groups is 1. The lowest BCUT2D eigenvalue weighted by Gasteiger charge is -2.23. The van der Waals surface area contributed by atoms with Crippen molar-refractivity contribution in [2.24, 2.45) is 0 Å². The largest absolute Gasteiger partial charge is 0.467 e. The maximum atomic E-state index is 12.5. The van der Waals surface area contributed by atoms with E-state index in [9.17, 15) is 4.79 Å². The molecule has 7 heteroatoms. The van der Waals surface area contributed by atoms with Gasteiger partial charge in [-0.2, -0.15) is 5.10 Å². The van der Waals surface area contributed by atoms with Crippen LogP contribution in [0.5, 0.6) is 0 Å². The molecule has 1 aromatic carbocycles. The topological polar surface area (TPSA) is 87.1 Å². The smallest absolute Gasteiger partial charge is 0.318 e. The summed E-state index contributed by atoms with van der Waals surface area (Å²) in [4.78, 5) is 18.9. The van der Waals surface area contributed by atoms with E-state index in [4.69, 9.17) is 4.42 Å². The van der Waals surface area contributed by atoms with Gasteiger partial charge < -0.3 is 14.6 Å². The van der Waals surface area contributed by atoms with Gasteiger partial charge in [-0.05, 0) is 25.0 Å². The van der Waals surface area contributed by atoms with Gasteiger partial charge in [-0.15, -0.1) is 0 Å². The molecule has 1 saturated heterocycles. The Labute approximate surface area is 145 Å². The predicted octanol–water partition coefficient (Wildman–Crippen LogP) is 3.11. The molecule has 3 heterocycles. The minimum Gasteiger partial charge on any atom is -0.467 e. The molecular weight excluding hydrogens is 318 g/mol. The second-order valence-electron chi connectivity index (χ2n) is 6.00. The number of carbonyl (C=O) groups is 1. The van der Waals surface area contributed by atoms with Gasteiger partial charge in [0.25, 0.3) is 0 Å². The minimum atomic E-state index is -0.114. The van der Waals surface area contributed by atoms with Crippen LogP contribution in [-0.2, 0) is 6.54 Å². The van der Waals surface area contributed by atoms with Gasteiger partial charge in [0.15, 0.2) is 5.82 Å². The molecule has 2 amide bonds. The van der Waals surface area contributed by atoms with Gasteiger partial charge >= 0.3 is 6.03 Å². The first-order valence-electron chi connectivity index (χ1n) is 8.36. The number of nitrogens with zero attached hydrogens (tertiary/aromatic N) is 3. The quantitative estimate of drug-likeness (QED) is 0.766. The van der Waals surface area contributed by atoms with Gasteiger partial charge in [-0.1, -0.05) is 30.3 Å². The van der Waals surface area contributed by atoms with Crippen molar-refractivity contribution < 1.29 is 9.21 Å². The number of likely N-dealkylation sites (tertiary alicyclic amines) is 1. The van der Waals surface area contributed by atoms with Crippen molar-refractivity contribution in [2.75, 3.05) is 6.54 Å². The van der Waals surface area contributed by atoms with E-state index < -0.39 is 0 Å². The zero-order valence-corrected chi connectivity index (χ0v) is 13.7. The fraction of sp³-hybridized carbons (Fsp3) is 0.278. The number of H-pyrrole nitrogens is 1. The van der Waals surface area contributed by atoms with Gasteiger partial charge in [-0.25, -0.2) is 9.78 Å². The number of hydrogen-bond donors (Lipinski definition) is 2. The second-order valence-corrected chi connectivity index (χ2v) is 6.00. The molecule has 2 N–H and O–H groups in total.